The lowest BCUT2D eigenvalue weighted by Gasteiger charge is -2.37. The molecule has 82 valence electrons. The maximum Gasteiger partial charge on any atom is 0.0746 e. The highest BCUT2D eigenvalue weighted by Gasteiger charge is 2.25. The number of nitrogen functional groups attached to an aromatic ring is 1. The van der Waals surface area contributed by atoms with Gasteiger partial charge < -0.3 is 10.6 Å². The first-order chi connectivity index (χ1) is 7.09. The maximum absolute atomic E-state index is 6.15. The summed E-state index contributed by atoms with van der Waals surface area (Å²) in [6.45, 7) is 0. The van der Waals surface area contributed by atoms with E-state index in [0.29, 0.717) is 21.8 Å². The van der Waals surface area contributed by atoms with Gasteiger partial charge in [-0.25, -0.2) is 0 Å². The summed E-state index contributed by atoms with van der Waals surface area (Å²) in [4.78, 5) is 2.16. The Balaban J connectivity index is 2.33. The molecule has 0 unspecified atom stereocenters. The first-order valence-electron chi connectivity index (χ1n) is 5.07. The van der Waals surface area contributed by atoms with Gasteiger partial charge in [0.25, 0.3) is 0 Å². The van der Waals surface area contributed by atoms with Crippen LogP contribution in [0.5, 0.6) is 0 Å². The molecule has 1 aliphatic rings. The van der Waals surface area contributed by atoms with Gasteiger partial charge >= 0.3 is 0 Å². The van der Waals surface area contributed by atoms with Crippen molar-refractivity contribution in [2.75, 3.05) is 17.7 Å². The van der Waals surface area contributed by atoms with Crippen molar-refractivity contribution < 1.29 is 0 Å². The molecule has 2 rings (SSSR count). The van der Waals surface area contributed by atoms with Crippen LogP contribution < -0.4 is 10.6 Å². The molecular weight excluding hydrogens is 231 g/mol. The van der Waals surface area contributed by atoms with Crippen LogP contribution in [0, 0.1) is 0 Å². The quantitative estimate of drug-likeness (QED) is 0.807. The molecule has 0 spiro atoms. The molecule has 0 radical (unpaired) electrons. The second kappa shape index (κ2) is 4.11. The Morgan fingerprint density at radius 1 is 1.27 bits per heavy atom. The Morgan fingerprint density at radius 2 is 1.80 bits per heavy atom. The lowest BCUT2D eigenvalue weighted by molar-refractivity contribution is 0.401. The van der Waals surface area contributed by atoms with E-state index in [2.05, 4.69) is 4.90 Å². The van der Waals surface area contributed by atoms with Crippen LogP contribution in [0.25, 0.3) is 0 Å². The summed E-state index contributed by atoms with van der Waals surface area (Å²) in [6, 6.07) is 4.07. The summed E-state index contributed by atoms with van der Waals surface area (Å²) >= 11 is 12.3. The molecule has 1 saturated carbocycles. The van der Waals surface area contributed by atoms with E-state index in [4.69, 9.17) is 28.9 Å². The molecular formula is C11H14Cl2N2. The molecule has 1 aromatic carbocycles. The third kappa shape index (κ3) is 2.01. The first-order valence-corrected chi connectivity index (χ1v) is 5.82. The Morgan fingerprint density at radius 3 is 2.20 bits per heavy atom. The lowest BCUT2D eigenvalue weighted by Crippen LogP contribution is -2.37. The fourth-order valence-corrected chi connectivity index (χ4v) is 2.65. The van der Waals surface area contributed by atoms with E-state index in [1.165, 1.54) is 19.3 Å². The maximum atomic E-state index is 6.15. The molecule has 0 bridgehead atoms. The molecule has 2 N–H and O–H groups in total. The van der Waals surface area contributed by atoms with Gasteiger partial charge in [-0.05, 0) is 31.4 Å². The van der Waals surface area contributed by atoms with Crippen LogP contribution in [0.15, 0.2) is 12.1 Å². The minimum absolute atomic E-state index is 0.573. The van der Waals surface area contributed by atoms with E-state index in [9.17, 15) is 0 Å². The third-order valence-corrected chi connectivity index (χ3v) is 3.59. The zero-order valence-corrected chi connectivity index (χ0v) is 10.1. The minimum Gasteiger partial charge on any atom is -0.399 e. The van der Waals surface area contributed by atoms with E-state index in [1.807, 2.05) is 7.05 Å². The summed E-state index contributed by atoms with van der Waals surface area (Å²) in [7, 11) is 2.03. The van der Waals surface area contributed by atoms with E-state index < -0.39 is 0 Å². The Kier molecular flexibility index (Phi) is 2.98. The Bertz CT molecular complexity index is 352. The molecule has 1 fully saturated rings. The predicted octanol–water partition coefficient (Wildman–Crippen LogP) is 3.56. The van der Waals surface area contributed by atoms with Crippen molar-refractivity contribution in [1.82, 2.24) is 0 Å². The van der Waals surface area contributed by atoms with E-state index in [-0.39, 0.29) is 0 Å². The van der Waals surface area contributed by atoms with Crippen LogP contribution in [-0.2, 0) is 0 Å². The highest BCUT2D eigenvalue weighted by molar-refractivity contribution is 6.39. The molecule has 0 heterocycles. The van der Waals surface area contributed by atoms with Crippen molar-refractivity contribution in [3.05, 3.63) is 22.2 Å². The van der Waals surface area contributed by atoms with Crippen molar-refractivity contribution in [3.8, 4) is 0 Å². The first kappa shape index (κ1) is 10.9. The van der Waals surface area contributed by atoms with Crippen LogP contribution in [0.4, 0.5) is 11.4 Å². The summed E-state index contributed by atoms with van der Waals surface area (Å²) in [5.74, 6) is 0. The molecule has 2 nitrogen and oxygen atoms in total. The van der Waals surface area contributed by atoms with Crippen molar-refractivity contribution in [2.24, 2.45) is 0 Å². The zero-order chi connectivity index (χ0) is 11.0. The minimum atomic E-state index is 0.573. The second-order valence-electron chi connectivity index (χ2n) is 4.03. The van der Waals surface area contributed by atoms with Gasteiger partial charge in [-0.15, -0.1) is 0 Å². The van der Waals surface area contributed by atoms with Crippen molar-refractivity contribution in [3.63, 3.8) is 0 Å². The number of benzene rings is 1. The molecule has 4 heteroatoms. The number of anilines is 2. The van der Waals surface area contributed by atoms with Gasteiger partial charge in [-0.1, -0.05) is 23.2 Å². The van der Waals surface area contributed by atoms with Gasteiger partial charge in [0.2, 0.25) is 0 Å². The average Bonchev–Trinajstić information content (AvgIpc) is 1.97. The average molecular weight is 245 g/mol. The topological polar surface area (TPSA) is 29.3 Å². The van der Waals surface area contributed by atoms with E-state index in [0.717, 1.165) is 5.69 Å². The summed E-state index contributed by atoms with van der Waals surface area (Å²) in [6.07, 6.45) is 3.72. The molecule has 0 aliphatic heterocycles. The Labute approximate surface area is 100.0 Å². The van der Waals surface area contributed by atoms with Gasteiger partial charge in [-0.3, -0.25) is 0 Å². The number of hydrogen-bond acceptors (Lipinski definition) is 2. The second-order valence-corrected chi connectivity index (χ2v) is 4.84. The SMILES string of the molecule is CN(c1c(Cl)cc(N)cc1Cl)C1CCC1. The molecule has 0 aromatic heterocycles. The van der Waals surface area contributed by atoms with Gasteiger partial charge in [0.1, 0.15) is 0 Å². The number of hydrogen-bond donors (Lipinski definition) is 1. The number of rotatable bonds is 2. The standard InChI is InChI=1S/C11H14Cl2N2/c1-15(8-3-2-4-8)11-9(12)5-7(14)6-10(11)13/h5-6,8H,2-4,14H2,1H3. The molecule has 1 aromatic rings. The van der Waals surface area contributed by atoms with Crippen LogP contribution in [-0.4, -0.2) is 13.1 Å². The summed E-state index contributed by atoms with van der Waals surface area (Å²) in [5, 5.41) is 1.27. The van der Waals surface area contributed by atoms with Crippen LogP contribution in [0.1, 0.15) is 19.3 Å². The molecule has 0 atom stereocenters. The molecule has 15 heavy (non-hydrogen) atoms. The monoisotopic (exact) mass is 244 g/mol. The van der Waals surface area contributed by atoms with Crippen LogP contribution >= 0.6 is 23.2 Å². The largest absolute Gasteiger partial charge is 0.399 e. The molecule has 0 saturated heterocycles. The van der Waals surface area contributed by atoms with Crippen molar-refractivity contribution in [2.45, 2.75) is 25.3 Å². The Hall–Kier alpha value is -0.600. The van der Waals surface area contributed by atoms with Crippen molar-refractivity contribution in [1.29, 1.82) is 0 Å². The van der Waals surface area contributed by atoms with Gasteiger partial charge in [0.05, 0.1) is 15.7 Å². The van der Waals surface area contributed by atoms with Crippen LogP contribution in [0.3, 0.4) is 0 Å². The van der Waals surface area contributed by atoms with Crippen LogP contribution in [0.2, 0.25) is 10.0 Å². The lowest BCUT2D eigenvalue weighted by atomic mass is 9.91. The fourth-order valence-electron chi connectivity index (χ4n) is 1.88. The van der Waals surface area contributed by atoms with Gasteiger partial charge in [0.15, 0.2) is 0 Å². The molecule has 0 amide bonds. The summed E-state index contributed by atoms with van der Waals surface area (Å²) < 4.78 is 0. The van der Waals surface area contributed by atoms with Crippen molar-refractivity contribution >= 4 is 34.6 Å². The van der Waals surface area contributed by atoms with Gasteiger partial charge in [-0.2, -0.15) is 0 Å². The number of nitrogens with two attached hydrogens (primary N) is 1. The predicted molar refractivity (Wildman–Crippen MR) is 66.9 cm³/mol. The van der Waals surface area contributed by atoms with E-state index >= 15 is 0 Å². The zero-order valence-electron chi connectivity index (χ0n) is 8.63. The highest BCUT2D eigenvalue weighted by atomic mass is 35.5. The highest BCUT2D eigenvalue weighted by Crippen LogP contribution is 2.39. The smallest absolute Gasteiger partial charge is 0.0746 e. The number of nitrogens with zero attached hydrogens (tertiary/aromatic N) is 1. The summed E-state index contributed by atoms with van der Waals surface area (Å²) in [5.41, 5.74) is 7.17. The van der Waals surface area contributed by atoms with Gasteiger partial charge in [0, 0.05) is 18.8 Å². The third-order valence-electron chi connectivity index (χ3n) is 3.01. The molecule has 1 aliphatic carbocycles. The number of halogens is 2. The normalized spacial score (nSPS) is 16.2. The fraction of sp³-hybridized carbons (Fsp3) is 0.455. The van der Waals surface area contributed by atoms with E-state index in [1.54, 1.807) is 12.1 Å².